The number of amides is 1. The third-order valence-corrected chi connectivity index (χ3v) is 3.51. The molecule has 0 aliphatic carbocycles. The smallest absolute Gasteiger partial charge is 0.251 e. The molecule has 0 radical (unpaired) electrons. The van der Waals surface area contributed by atoms with Crippen LogP contribution in [0.3, 0.4) is 0 Å². The molecule has 1 aromatic carbocycles. The average Bonchev–Trinajstić information content (AvgIpc) is 2.75. The molecule has 1 atom stereocenters. The second-order valence-electron chi connectivity index (χ2n) is 5.79. The number of carbonyl (C=O) groups excluding carboxylic acids is 1. The molecule has 1 N–H and O–H groups in total. The first-order valence-electron chi connectivity index (χ1n) is 7.31. The van der Waals surface area contributed by atoms with Crippen LogP contribution in [0, 0.1) is 26.7 Å². The summed E-state index contributed by atoms with van der Waals surface area (Å²) < 4.78 is 2.00. The maximum atomic E-state index is 12.1. The maximum Gasteiger partial charge on any atom is 0.251 e. The minimum atomic E-state index is -0.0183. The van der Waals surface area contributed by atoms with E-state index in [9.17, 15) is 4.79 Å². The molecule has 21 heavy (non-hydrogen) atoms. The van der Waals surface area contributed by atoms with Gasteiger partial charge in [-0.25, -0.2) is 0 Å². The predicted molar refractivity (Wildman–Crippen MR) is 84.4 cm³/mol. The van der Waals surface area contributed by atoms with Crippen molar-refractivity contribution in [1.29, 1.82) is 0 Å². The van der Waals surface area contributed by atoms with Gasteiger partial charge in [-0.3, -0.25) is 9.48 Å². The monoisotopic (exact) mass is 285 g/mol. The Morgan fingerprint density at radius 3 is 2.48 bits per heavy atom. The normalized spacial score (nSPS) is 12.2. The number of hydrogen-bond donors (Lipinski definition) is 1. The van der Waals surface area contributed by atoms with Gasteiger partial charge >= 0.3 is 0 Å². The van der Waals surface area contributed by atoms with E-state index in [1.807, 2.05) is 42.8 Å². The Morgan fingerprint density at radius 1 is 1.24 bits per heavy atom. The zero-order valence-electron chi connectivity index (χ0n) is 13.2. The summed E-state index contributed by atoms with van der Waals surface area (Å²) in [5.74, 6) is 0.313. The highest BCUT2D eigenvalue weighted by Crippen LogP contribution is 2.07. The first-order chi connectivity index (χ1) is 9.95. The molecular formula is C17H23N3O. The fourth-order valence-electron chi connectivity index (χ4n) is 2.29. The topological polar surface area (TPSA) is 46.9 Å². The molecule has 0 fully saturated rings. The van der Waals surface area contributed by atoms with Gasteiger partial charge in [0.05, 0.1) is 5.69 Å². The molecule has 4 nitrogen and oxygen atoms in total. The lowest BCUT2D eigenvalue weighted by Gasteiger charge is -2.14. The number of aryl methyl sites for hydroxylation is 3. The summed E-state index contributed by atoms with van der Waals surface area (Å²) in [7, 11) is 0. The molecule has 112 valence electrons. The number of carbonyl (C=O) groups is 1. The molecule has 2 rings (SSSR count). The molecule has 1 heterocycles. The molecule has 0 aliphatic heterocycles. The highest BCUT2D eigenvalue weighted by molar-refractivity contribution is 5.94. The van der Waals surface area contributed by atoms with Gasteiger partial charge in [0.15, 0.2) is 0 Å². The number of nitrogens with one attached hydrogen (secondary N) is 1. The van der Waals surface area contributed by atoms with Crippen LogP contribution in [-0.4, -0.2) is 22.2 Å². The van der Waals surface area contributed by atoms with Crippen LogP contribution >= 0.6 is 0 Å². The molecular weight excluding hydrogens is 262 g/mol. The molecule has 0 spiro atoms. The minimum absolute atomic E-state index is 0.0183. The summed E-state index contributed by atoms with van der Waals surface area (Å²) in [6, 6.07) is 9.69. The van der Waals surface area contributed by atoms with Crippen LogP contribution in [-0.2, 0) is 6.54 Å². The van der Waals surface area contributed by atoms with Crippen molar-refractivity contribution in [3.05, 3.63) is 52.8 Å². The number of rotatable bonds is 5. The third-order valence-electron chi connectivity index (χ3n) is 3.51. The van der Waals surface area contributed by atoms with Crippen LogP contribution in [0.4, 0.5) is 0 Å². The van der Waals surface area contributed by atoms with Crippen LogP contribution in [0.15, 0.2) is 30.3 Å². The van der Waals surface area contributed by atoms with Gasteiger partial charge in [-0.2, -0.15) is 5.10 Å². The summed E-state index contributed by atoms with van der Waals surface area (Å²) in [5, 5.41) is 7.43. The number of benzene rings is 1. The molecule has 1 amide bonds. The summed E-state index contributed by atoms with van der Waals surface area (Å²) in [6.07, 6.45) is 0. The highest BCUT2D eigenvalue weighted by Gasteiger charge is 2.10. The summed E-state index contributed by atoms with van der Waals surface area (Å²) in [5.41, 5.74) is 4.05. The van der Waals surface area contributed by atoms with Gasteiger partial charge in [0.25, 0.3) is 5.91 Å². The van der Waals surface area contributed by atoms with Gasteiger partial charge in [0, 0.05) is 24.3 Å². The maximum absolute atomic E-state index is 12.1. The molecule has 0 saturated heterocycles. The molecule has 0 aliphatic rings. The largest absolute Gasteiger partial charge is 0.352 e. The first kappa shape index (κ1) is 15.3. The summed E-state index contributed by atoms with van der Waals surface area (Å²) in [6.45, 7) is 9.63. The van der Waals surface area contributed by atoms with Gasteiger partial charge in [0.1, 0.15) is 0 Å². The van der Waals surface area contributed by atoms with E-state index in [1.165, 1.54) is 0 Å². The standard InChI is InChI=1S/C17H23N3O/c1-12-5-7-16(8-6-12)17(21)18-10-13(2)11-20-15(4)9-14(3)19-20/h5-9,13H,10-11H2,1-4H3,(H,18,21). The van der Waals surface area contributed by atoms with Crippen molar-refractivity contribution in [2.75, 3.05) is 6.54 Å². The lowest BCUT2D eigenvalue weighted by atomic mass is 10.1. The minimum Gasteiger partial charge on any atom is -0.352 e. The van der Waals surface area contributed by atoms with Gasteiger partial charge in [0.2, 0.25) is 0 Å². The van der Waals surface area contributed by atoms with Crippen molar-refractivity contribution in [2.45, 2.75) is 34.2 Å². The summed E-state index contributed by atoms with van der Waals surface area (Å²) >= 11 is 0. The van der Waals surface area contributed by atoms with Crippen molar-refractivity contribution < 1.29 is 4.79 Å². The second kappa shape index (κ2) is 6.57. The Balaban J connectivity index is 1.86. The van der Waals surface area contributed by atoms with E-state index in [2.05, 4.69) is 30.3 Å². The van der Waals surface area contributed by atoms with Gasteiger partial charge in [-0.15, -0.1) is 0 Å². The number of hydrogen-bond acceptors (Lipinski definition) is 2. The van der Waals surface area contributed by atoms with Crippen LogP contribution in [0.5, 0.6) is 0 Å². The zero-order chi connectivity index (χ0) is 15.4. The third kappa shape index (κ3) is 4.18. The predicted octanol–water partition coefficient (Wildman–Crippen LogP) is 2.87. The van der Waals surface area contributed by atoms with Crippen molar-refractivity contribution in [3.8, 4) is 0 Å². The fraction of sp³-hybridized carbons (Fsp3) is 0.412. The molecule has 1 unspecified atom stereocenters. The summed E-state index contributed by atoms with van der Waals surface area (Å²) in [4.78, 5) is 12.1. The lowest BCUT2D eigenvalue weighted by Crippen LogP contribution is -2.30. The van der Waals surface area contributed by atoms with E-state index in [0.717, 1.165) is 23.5 Å². The molecule has 1 aromatic heterocycles. The zero-order valence-corrected chi connectivity index (χ0v) is 13.2. The van der Waals surface area contributed by atoms with Crippen LogP contribution in [0.1, 0.15) is 34.2 Å². The Kier molecular flexibility index (Phi) is 4.78. The van der Waals surface area contributed by atoms with Gasteiger partial charge < -0.3 is 5.32 Å². The van der Waals surface area contributed by atoms with E-state index >= 15 is 0 Å². The first-order valence-corrected chi connectivity index (χ1v) is 7.31. The molecule has 0 saturated carbocycles. The average molecular weight is 285 g/mol. The lowest BCUT2D eigenvalue weighted by molar-refractivity contribution is 0.0946. The van der Waals surface area contributed by atoms with Crippen LogP contribution in [0.2, 0.25) is 0 Å². The van der Waals surface area contributed by atoms with E-state index in [4.69, 9.17) is 0 Å². The molecule has 2 aromatic rings. The Hall–Kier alpha value is -2.10. The van der Waals surface area contributed by atoms with Crippen molar-refractivity contribution in [2.24, 2.45) is 5.92 Å². The quantitative estimate of drug-likeness (QED) is 0.918. The SMILES string of the molecule is Cc1ccc(C(=O)NCC(C)Cn2nc(C)cc2C)cc1. The van der Waals surface area contributed by atoms with Crippen molar-refractivity contribution in [3.63, 3.8) is 0 Å². The Bertz CT molecular complexity index is 613. The van der Waals surface area contributed by atoms with E-state index < -0.39 is 0 Å². The number of nitrogens with zero attached hydrogens (tertiary/aromatic N) is 2. The van der Waals surface area contributed by atoms with Crippen molar-refractivity contribution in [1.82, 2.24) is 15.1 Å². The van der Waals surface area contributed by atoms with Crippen molar-refractivity contribution >= 4 is 5.91 Å². The Labute approximate surface area is 126 Å². The number of aromatic nitrogens is 2. The van der Waals surface area contributed by atoms with Gasteiger partial charge in [-0.1, -0.05) is 24.6 Å². The second-order valence-corrected chi connectivity index (χ2v) is 5.79. The van der Waals surface area contributed by atoms with Crippen LogP contribution < -0.4 is 5.32 Å². The van der Waals surface area contributed by atoms with Crippen LogP contribution in [0.25, 0.3) is 0 Å². The fourth-order valence-corrected chi connectivity index (χ4v) is 2.29. The van der Waals surface area contributed by atoms with E-state index in [1.54, 1.807) is 0 Å². The van der Waals surface area contributed by atoms with E-state index in [-0.39, 0.29) is 5.91 Å². The van der Waals surface area contributed by atoms with Gasteiger partial charge in [-0.05, 0) is 44.9 Å². The Morgan fingerprint density at radius 2 is 1.90 bits per heavy atom. The molecule has 0 bridgehead atoms. The molecule has 4 heteroatoms. The van der Waals surface area contributed by atoms with E-state index in [0.29, 0.717) is 18.0 Å². The highest BCUT2D eigenvalue weighted by atomic mass is 16.1.